The fourth-order valence-electron chi connectivity index (χ4n) is 3.36. The van der Waals surface area contributed by atoms with Gasteiger partial charge in [-0.2, -0.15) is 4.31 Å². The van der Waals surface area contributed by atoms with Gasteiger partial charge in [-0.05, 0) is 49.2 Å². The third-order valence-electron chi connectivity index (χ3n) is 5.00. The second-order valence-electron chi connectivity index (χ2n) is 7.08. The van der Waals surface area contributed by atoms with Gasteiger partial charge in [0, 0.05) is 20.1 Å². The second-order valence-corrected chi connectivity index (χ2v) is 9.02. The van der Waals surface area contributed by atoms with Gasteiger partial charge < -0.3 is 9.64 Å². The highest BCUT2D eigenvalue weighted by atomic mass is 32.2. The fraction of sp³-hybridized carbons (Fsp3) is 0.381. The lowest BCUT2D eigenvalue weighted by Crippen LogP contribution is -2.46. The minimum Gasteiger partial charge on any atom is -0.492 e. The van der Waals surface area contributed by atoms with Crippen molar-refractivity contribution in [2.75, 3.05) is 33.3 Å². The Morgan fingerprint density at radius 1 is 1.17 bits per heavy atom. The number of piperidine rings is 1. The van der Waals surface area contributed by atoms with Crippen LogP contribution < -0.4 is 4.74 Å². The third-order valence-corrected chi connectivity index (χ3v) is 6.88. The van der Waals surface area contributed by atoms with E-state index in [1.165, 1.54) is 16.4 Å². The SMILES string of the molecule is CN(CCOc1ccccc1)C(=O)C1CCCN(S(=O)(=O)c2ccc(F)cc2)C1. The Hall–Kier alpha value is -2.45. The number of carbonyl (C=O) groups excluding carboxylic acids is 1. The molecule has 0 N–H and O–H groups in total. The van der Waals surface area contributed by atoms with E-state index < -0.39 is 21.8 Å². The molecule has 156 valence electrons. The van der Waals surface area contributed by atoms with Crippen molar-refractivity contribution in [3.63, 3.8) is 0 Å². The summed E-state index contributed by atoms with van der Waals surface area (Å²) in [5.41, 5.74) is 0. The Kier molecular flexibility index (Phi) is 6.87. The maximum atomic E-state index is 13.1. The highest BCUT2D eigenvalue weighted by molar-refractivity contribution is 7.89. The number of rotatable bonds is 7. The molecule has 2 aromatic carbocycles. The van der Waals surface area contributed by atoms with Crippen molar-refractivity contribution in [3.05, 3.63) is 60.4 Å². The van der Waals surface area contributed by atoms with Crippen molar-refractivity contribution >= 4 is 15.9 Å². The number of hydrogen-bond donors (Lipinski definition) is 0. The largest absolute Gasteiger partial charge is 0.492 e. The Morgan fingerprint density at radius 3 is 2.55 bits per heavy atom. The van der Waals surface area contributed by atoms with Crippen LogP contribution in [0.3, 0.4) is 0 Å². The van der Waals surface area contributed by atoms with Gasteiger partial charge in [0.2, 0.25) is 15.9 Å². The smallest absolute Gasteiger partial charge is 0.243 e. The van der Waals surface area contributed by atoms with Crippen molar-refractivity contribution in [1.29, 1.82) is 0 Å². The lowest BCUT2D eigenvalue weighted by Gasteiger charge is -2.33. The number of halogens is 1. The Labute approximate surface area is 170 Å². The van der Waals surface area contributed by atoms with E-state index in [9.17, 15) is 17.6 Å². The highest BCUT2D eigenvalue weighted by Gasteiger charge is 2.34. The van der Waals surface area contributed by atoms with Crippen LogP contribution in [-0.4, -0.2) is 56.8 Å². The van der Waals surface area contributed by atoms with Gasteiger partial charge in [-0.1, -0.05) is 18.2 Å². The topological polar surface area (TPSA) is 66.9 Å². The summed E-state index contributed by atoms with van der Waals surface area (Å²) in [6.45, 7) is 1.25. The first kappa shape index (κ1) is 21.3. The predicted molar refractivity (Wildman–Crippen MR) is 107 cm³/mol. The lowest BCUT2D eigenvalue weighted by molar-refractivity contribution is -0.135. The molecule has 0 radical (unpaired) electrons. The zero-order valence-corrected chi connectivity index (χ0v) is 17.1. The van der Waals surface area contributed by atoms with Crippen LogP contribution in [0.25, 0.3) is 0 Å². The number of nitrogens with zero attached hydrogens (tertiary/aromatic N) is 2. The summed E-state index contributed by atoms with van der Waals surface area (Å²) in [6, 6.07) is 14.1. The molecule has 1 unspecified atom stereocenters. The van der Waals surface area contributed by atoms with E-state index in [1.807, 2.05) is 30.3 Å². The first-order chi connectivity index (χ1) is 13.9. The van der Waals surface area contributed by atoms with E-state index in [1.54, 1.807) is 11.9 Å². The Balaban J connectivity index is 1.57. The van der Waals surface area contributed by atoms with Gasteiger partial charge in [0.05, 0.1) is 17.4 Å². The normalized spacial score (nSPS) is 17.7. The van der Waals surface area contributed by atoms with E-state index in [0.717, 1.165) is 17.9 Å². The van der Waals surface area contributed by atoms with E-state index in [4.69, 9.17) is 4.74 Å². The number of sulfonamides is 1. The molecule has 2 aromatic rings. The summed E-state index contributed by atoms with van der Waals surface area (Å²) in [5, 5.41) is 0. The van der Waals surface area contributed by atoms with Crippen LogP contribution in [0.1, 0.15) is 12.8 Å². The van der Waals surface area contributed by atoms with Gasteiger partial charge in [0.25, 0.3) is 0 Å². The Bertz CT molecular complexity index is 919. The first-order valence-corrected chi connectivity index (χ1v) is 11.0. The van der Waals surface area contributed by atoms with Crippen molar-refractivity contribution < 1.29 is 22.3 Å². The number of likely N-dealkylation sites (N-methyl/N-ethyl adjacent to an activating group) is 1. The molecule has 3 rings (SSSR count). The number of hydrogen-bond acceptors (Lipinski definition) is 4. The van der Waals surface area contributed by atoms with Gasteiger partial charge >= 0.3 is 0 Å². The molecule has 0 saturated carbocycles. The van der Waals surface area contributed by atoms with Crippen LogP contribution in [0.5, 0.6) is 5.75 Å². The van der Waals surface area contributed by atoms with Crippen LogP contribution in [0.15, 0.2) is 59.5 Å². The van der Waals surface area contributed by atoms with Crippen molar-refractivity contribution in [2.45, 2.75) is 17.7 Å². The summed E-state index contributed by atoms with van der Waals surface area (Å²) in [6.07, 6.45) is 1.24. The van der Waals surface area contributed by atoms with Gasteiger partial charge in [-0.25, -0.2) is 12.8 Å². The standard InChI is InChI=1S/C21H25FN2O4S/c1-23(14-15-28-19-7-3-2-4-8-19)21(25)17-6-5-13-24(16-17)29(26,27)20-11-9-18(22)10-12-20/h2-4,7-12,17H,5-6,13-16H2,1H3. The predicted octanol–water partition coefficient (Wildman–Crippen LogP) is 2.76. The number of benzene rings is 2. The van der Waals surface area contributed by atoms with E-state index in [2.05, 4.69) is 0 Å². The molecule has 29 heavy (non-hydrogen) atoms. The summed E-state index contributed by atoms with van der Waals surface area (Å²) in [4.78, 5) is 14.4. The maximum absolute atomic E-state index is 13.1. The summed E-state index contributed by atoms with van der Waals surface area (Å²) >= 11 is 0. The molecule has 8 heteroatoms. The third kappa shape index (κ3) is 5.33. The van der Waals surface area contributed by atoms with Crippen LogP contribution in [0.4, 0.5) is 4.39 Å². The van der Waals surface area contributed by atoms with Gasteiger partial charge in [0.1, 0.15) is 18.2 Å². The molecule has 0 aromatic heterocycles. The molecule has 1 aliphatic heterocycles. The van der Waals surface area contributed by atoms with Crippen molar-refractivity contribution in [2.24, 2.45) is 5.92 Å². The molecule has 6 nitrogen and oxygen atoms in total. The molecule has 1 fully saturated rings. The summed E-state index contributed by atoms with van der Waals surface area (Å²) < 4.78 is 45.7. The van der Waals surface area contributed by atoms with Gasteiger partial charge in [0.15, 0.2) is 0 Å². The molecule has 1 amide bonds. The van der Waals surface area contributed by atoms with Crippen LogP contribution in [0, 0.1) is 11.7 Å². The Morgan fingerprint density at radius 2 is 1.86 bits per heavy atom. The first-order valence-electron chi connectivity index (χ1n) is 9.56. The minimum atomic E-state index is -3.75. The van der Waals surface area contributed by atoms with Crippen LogP contribution in [0.2, 0.25) is 0 Å². The zero-order valence-electron chi connectivity index (χ0n) is 16.3. The number of carbonyl (C=O) groups is 1. The molecule has 1 saturated heterocycles. The van der Waals surface area contributed by atoms with E-state index in [-0.39, 0.29) is 17.3 Å². The number of ether oxygens (including phenoxy) is 1. The fourth-order valence-corrected chi connectivity index (χ4v) is 4.88. The van der Waals surface area contributed by atoms with Crippen molar-refractivity contribution in [1.82, 2.24) is 9.21 Å². The number of amides is 1. The molecule has 0 aliphatic carbocycles. The molecule has 1 heterocycles. The maximum Gasteiger partial charge on any atom is 0.243 e. The molecule has 0 spiro atoms. The average molecular weight is 421 g/mol. The van der Waals surface area contributed by atoms with Gasteiger partial charge in [-0.15, -0.1) is 0 Å². The zero-order chi connectivity index (χ0) is 20.9. The molecule has 0 bridgehead atoms. The lowest BCUT2D eigenvalue weighted by atomic mass is 9.98. The van der Waals surface area contributed by atoms with E-state index in [0.29, 0.717) is 32.5 Å². The second kappa shape index (κ2) is 9.37. The molecule has 1 aliphatic rings. The van der Waals surface area contributed by atoms with E-state index >= 15 is 0 Å². The van der Waals surface area contributed by atoms with Crippen LogP contribution in [-0.2, 0) is 14.8 Å². The molecular formula is C21H25FN2O4S. The average Bonchev–Trinajstić information content (AvgIpc) is 2.74. The molecular weight excluding hydrogens is 395 g/mol. The molecule has 1 atom stereocenters. The van der Waals surface area contributed by atoms with Crippen molar-refractivity contribution in [3.8, 4) is 5.75 Å². The summed E-state index contributed by atoms with van der Waals surface area (Å²) in [5.74, 6) is -0.251. The van der Waals surface area contributed by atoms with Gasteiger partial charge in [-0.3, -0.25) is 4.79 Å². The number of para-hydroxylation sites is 1. The quantitative estimate of drug-likeness (QED) is 0.691. The monoisotopic (exact) mass is 420 g/mol. The summed E-state index contributed by atoms with van der Waals surface area (Å²) in [7, 11) is -2.05. The van der Waals surface area contributed by atoms with Crippen LogP contribution >= 0.6 is 0 Å². The minimum absolute atomic E-state index is 0.0385. The highest BCUT2D eigenvalue weighted by Crippen LogP contribution is 2.25.